The smallest absolute Gasteiger partial charge is 0.339 e. The molecule has 0 saturated carbocycles. The number of carboxylic acid groups (broad SMARTS) is 1. The van der Waals surface area contributed by atoms with Gasteiger partial charge in [-0.15, -0.1) is 0 Å². The van der Waals surface area contributed by atoms with E-state index in [2.05, 4.69) is 0 Å². The molecule has 13 heavy (non-hydrogen) atoms. The third-order valence-corrected chi connectivity index (χ3v) is 2.07. The standard InChI is InChI=1S/C9H10O4/c1-4-5(2)8(11)6(9(12)13)3-7(4)10/h3,10-11H,1-2H3,(H,12,13). The fraction of sp³-hybridized carbons (Fsp3) is 0.222. The Labute approximate surface area is 75.1 Å². The van der Waals surface area contributed by atoms with Gasteiger partial charge in [-0.05, 0) is 31.0 Å². The Balaban J connectivity index is 3.50. The van der Waals surface area contributed by atoms with Crippen LogP contribution < -0.4 is 0 Å². The summed E-state index contributed by atoms with van der Waals surface area (Å²) in [5.41, 5.74) is 0.598. The predicted octanol–water partition coefficient (Wildman–Crippen LogP) is 1.41. The molecule has 0 bridgehead atoms. The maximum atomic E-state index is 10.6. The molecule has 0 unspecified atom stereocenters. The van der Waals surface area contributed by atoms with Gasteiger partial charge >= 0.3 is 5.97 Å². The zero-order valence-electron chi connectivity index (χ0n) is 7.33. The first-order valence-corrected chi connectivity index (χ1v) is 3.70. The molecule has 0 radical (unpaired) electrons. The summed E-state index contributed by atoms with van der Waals surface area (Å²) in [6, 6.07) is 1.04. The SMILES string of the molecule is Cc1c(O)cc(C(=O)O)c(O)c1C. The molecule has 70 valence electrons. The van der Waals surface area contributed by atoms with Crippen LogP contribution in [0.4, 0.5) is 0 Å². The van der Waals surface area contributed by atoms with Gasteiger partial charge in [0.05, 0.1) is 0 Å². The Bertz CT molecular complexity index is 368. The molecule has 4 nitrogen and oxygen atoms in total. The largest absolute Gasteiger partial charge is 0.508 e. The maximum Gasteiger partial charge on any atom is 0.339 e. The first-order valence-electron chi connectivity index (χ1n) is 3.70. The maximum absolute atomic E-state index is 10.6. The number of aromatic carboxylic acids is 1. The number of benzene rings is 1. The fourth-order valence-corrected chi connectivity index (χ4v) is 1.05. The van der Waals surface area contributed by atoms with E-state index in [0.717, 1.165) is 6.07 Å². The highest BCUT2D eigenvalue weighted by Crippen LogP contribution is 2.31. The van der Waals surface area contributed by atoms with Crippen molar-refractivity contribution in [1.82, 2.24) is 0 Å². The van der Waals surface area contributed by atoms with Crippen LogP contribution in [0.5, 0.6) is 11.5 Å². The number of rotatable bonds is 1. The zero-order valence-corrected chi connectivity index (χ0v) is 7.33. The van der Waals surface area contributed by atoms with E-state index in [-0.39, 0.29) is 17.1 Å². The van der Waals surface area contributed by atoms with Crippen LogP contribution in [0.2, 0.25) is 0 Å². The van der Waals surface area contributed by atoms with Gasteiger partial charge in [-0.25, -0.2) is 4.79 Å². The number of hydrogen-bond donors (Lipinski definition) is 3. The first-order chi connectivity index (χ1) is 5.95. The van der Waals surface area contributed by atoms with E-state index in [0.29, 0.717) is 11.1 Å². The lowest BCUT2D eigenvalue weighted by Crippen LogP contribution is -1.99. The highest BCUT2D eigenvalue weighted by molar-refractivity contribution is 5.92. The molecule has 0 amide bonds. The van der Waals surface area contributed by atoms with Gasteiger partial charge in [0, 0.05) is 0 Å². The summed E-state index contributed by atoms with van der Waals surface area (Å²) >= 11 is 0. The molecule has 1 rings (SSSR count). The summed E-state index contributed by atoms with van der Waals surface area (Å²) in [4.78, 5) is 10.6. The average molecular weight is 182 g/mol. The van der Waals surface area contributed by atoms with Gasteiger partial charge in [0.1, 0.15) is 17.1 Å². The number of carboxylic acids is 1. The normalized spacial score (nSPS) is 10.0. The Morgan fingerprint density at radius 1 is 1.23 bits per heavy atom. The number of hydrogen-bond acceptors (Lipinski definition) is 3. The summed E-state index contributed by atoms with van der Waals surface area (Å²) in [5.74, 6) is -1.66. The van der Waals surface area contributed by atoms with E-state index in [1.807, 2.05) is 0 Å². The Hall–Kier alpha value is -1.71. The van der Waals surface area contributed by atoms with Crippen LogP contribution in [0.3, 0.4) is 0 Å². The summed E-state index contributed by atoms with van der Waals surface area (Å²) < 4.78 is 0. The molecule has 0 aliphatic heterocycles. The third kappa shape index (κ3) is 1.42. The van der Waals surface area contributed by atoms with E-state index in [4.69, 9.17) is 5.11 Å². The van der Waals surface area contributed by atoms with Crippen molar-refractivity contribution in [2.75, 3.05) is 0 Å². The molecule has 3 N–H and O–H groups in total. The van der Waals surface area contributed by atoms with E-state index >= 15 is 0 Å². The van der Waals surface area contributed by atoms with Crippen molar-refractivity contribution in [3.8, 4) is 11.5 Å². The van der Waals surface area contributed by atoms with Gasteiger partial charge in [0.25, 0.3) is 0 Å². The Morgan fingerprint density at radius 3 is 2.23 bits per heavy atom. The van der Waals surface area contributed by atoms with E-state index in [1.165, 1.54) is 0 Å². The number of phenolic OH excluding ortho intramolecular Hbond substituents is 1. The molecule has 0 aliphatic carbocycles. The topological polar surface area (TPSA) is 77.8 Å². The van der Waals surface area contributed by atoms with Gasteiger partial charge < -0.3 is 15.3 Å². The van der Waals surface area contributed by atoms with E-state index in [1.54, 1.807) is 13.8 Å². The van der Waals surface area contributed by atoms with Crippen LogP contribution in [-0.2, 0) is 0 Å². The van der Waals surface area contributed by atoms with Crippen LogP contribution in [0, 0.1) is 13.8 Å². The Morgan fingerprint density at radius 2 is 1.77 bits per heavy atom. The van der Waals surface area contributed by atoms with Crippen molar-refractivity contribution in [1.29, 1.82) is 0 Å². The average Bonchev–Trinajstić information content (AvgIpc) is 2.07. The third-order valence-electron chi connectivity index (χ3n) is 2.07. The summed E-state index contributed by atoms with van der Waals surface area (Å²) in [6.07, 6.45) is 0. The van der Waals surface area contributed by atoms with Crippen molar-refractivity contribution < 1.29 is 20.1 Å². The molecule has 0 spiro atoms. The van der Waals surface area contributed by atoms with Gasteiger partial charge in [-0.3, -0.25) is 0 Å². The lowest BCUT2D eigenvalue weighted by Gasteiger charge is -2.08. The van der Waals surface area contributed by atoms with Crippen LogP contribution >= 0.6 is 0 Å². The molecule has 0 atom stereocenters. The van der Waals surface area contributed by atoms with Gasteiger partial charge in [0.15, 0.2) is 0 Å². The second-order valence-electron chi connectivity index (χ2n) is 2.85. The van der Waals surface area contributed by atoms with Gasteiger partial charge in [-0.1, -0.05) is 0 Å². The van der Waals surface area contributed by atoms with Crippen molar-refractivity contribution in [3.63, 3.8) is 0 Å². The highest BCUT2D eigenvalue weighted by atomic mass is 16.4. The van der Waals surface area contributed by atoms with Crippen molar-refractivity contribution >= 4 is 5.97 Å². The van der Waals surface area contributed by atoms with Crippen LogP contribution in [0.15, 0.2) is 6.07 Å². The minimum atomic E-state index is -1.25. The monoisotopic (exact) mass is 182 g/mol. The Kier molecular flexibility index (Phi) is 2.14. The van der Waals surface area contributed by atoms with Crippen molar-refractivity contribution in [3.05, 3.63) is 22.8 Å². The summed E-state index contributed by atoms with van der Waals surface area (Å²) in [5, 5.41) is 27.3. The van der Waals surface area contributed by atoms with Crippen LogP contribution in [0.1, 0.15) is 21.5 Å². The quantitative estimate of drug-likeness (QED) is 0.574. The molecule has 1 aromatic rings. The molecule has 1 aromatic carbocycles. The van der Waals surface area contributed by atoms with Gasteiger partial charge in [0.2, 0.25) is 0 Å². The number of aromatic hydroxyl groups is 2. The predicted molar refractivity (Wildman–Crippen MR) is 46.2 cm³/mol. The second-order valence-corrected chi connectivity index (χ2v) is 2.85. The van der Waals surface area contributed by atoms with E-state index in [9.17, 15) is 15.0 Å². The van der Waals surface area contributed by atoms with E-state index < -0.39 is 5.97 Å². The lowest BCUT2D eigenvalue weighted by molar-refractivity contribution is 0.0693. The fourth-order valence-electron chi connectivity index (χ4n) is 1.05. The minimum absolute atomic E-state index is 0.118. The summed E-state index contributed by atoms with van der Waals surface area (Å²) in [6.45, 7) is 3.16. The van der Waals surface area contributed by atoms with Crippen molar-refractivity contribution in [2.24, 2.45) is 0 Å². The summed E-state index contributed by atoms with van der Waals surface area (Å²) in [7, 11) is 0. The van der Waals surface area contributed by atoms with Crippen LogP contribution in [-0.4, -0.2) is 21.3 Å². The molecular formula is C9H10O4. The number of phenols is 2. The molecule has 0 aliphatic rings. The highest BCUT2D eigenvalue weighted by Gasteiger charge is 2.15. The molecule has 4 heteroatoms. The van der Waals surface area contributed by atoms with Crippen molar-refractivity contribution in [2.45, 2.75) is 13.8 Å². The molecule has 0 fully saturated rings. The number of carbonyl (C=O) groups is 1. The molecular weight excluding hydrogens is 172 g/mol. The molecule has 0 aromatic heterocycles. The van der Waals surface area contributed by atoms with Gasteiger partial charge in [-0.2, -0.15) is 0 Å². The molecule has 0 heterocycles. The minimum Gasteiger partial charge on any atom is -0.508 e. The molecule has 0 saturated heterocycles. The van der Waals surface area contributed by atoms with Crippen LogP contribution in [0.25, 0.3) is 0 Å². The lowest BCUT2D eigenvalue weighted by atomic mass is 10.0. The first kappa shape index (κ1) is 9.38. The zero-order chi connectivity index (χ0) is 10.2. The second kappa shape index (κ2) is 2.97.